The molecule has 0 unspecified atom stereocenters. The standard InChI is InChI=1S/C17H18F2N2O2/c1-17(2,3)23-16(22)21-6-4-11(5-7-21)13-9-14(18)12(10-20)8-15(13)19/h4,8-9H,5-7H2,1-3H3. The van der Waals surface area contributed by atoms with E-state index in [2.05, 4.69) is 0 Å². The fourth-order valence-electron chi connectivity index (χ4n) is 2.28. The van der Waals surface area contributed by atoms with Crippen LogP contribution in [-0.2, 0) is 4.74 Å². The van der Waals surface area contributed by atoms with Gasteiger partial charge in [0, 0.05) is 18.7 Å². The number of amides is 1. The Morgan fingerprint density at radius 2 is 2.00 bits per heavy atom. The topological polar surface area (TPSA) is 53.3 Å². The largest absolute Gasteiger partial charge is 0.444 e. The average molecular weight is 320 g/mol. The van der Waals surface area contributed by atoms with Crippen molar-refractivity contribution >= 4 is 11.7 Å². The summed E-state index contributed by atoms with van der Waals surface area (Å²) in [4.78, 5) is 13.5. The van der Waals surface area contributed by atoms with E-state index in [0.717, 1.165) is 12.1 Å². The summed E-state index contributed by atoms with van der Waals surface area (Å²) >= 11 is 0. The fraction of sp³-hybridized carbons (Fsp3) is 0.412. The van der Waals surface area contributed by atoms with Crippen molar-refractivity contribution in [3.63, 3.8) is 0 Å². The minimum absolute atomic E-state index is 0.130. The molecule has 122 valence electrons. The predicted molar refractivity (Wildman–Crippen MR) is 81.5 cm³/mol. The first-order valence-corrected chi connectivity index (χ1v) is 7.28. The molecule has 0 bridgehead atoms. The summed E-state index contributed by atoms with van der Waals surface area (Å²) in [6, 6.07) is 3.53. The molecule has 4 nitrogen and oxygen atoms in total. The maximum Gasteiger partial charge on any atom is 0.410 e. The monoisotopic (exact) mass is 320 g/mol. The van der Waals surface area contributed by atoms with Crippen molar-refractivity contribution in [2.75, 3.05) is 13.1 Å². The van der Waals surface area contributed by atoms with Gasteiger partial charge in [-0.25, -0.2) is 13.6 Å². The van der Waals surface area contributed by atoms with Crippen molar-refractivity contribution < 1.29 is 18.3 Å². The lowest BCUT2D eigenvalue weighted by Gasteiger charge is -2.29. The third-order valence-electron chi connectivity index (χ3n) is 3.38. The molecule has 0 aliphatic carbocycles. The minimum atomic E-state index is -0.751. The quantitative estimate of drug-likeness (QED) is 0.789. The Kier molecular flexibility index (Phi) is 4.69. The van der Waals surface area contributed by atoms with Gasteiger partial charge >= 0.3 is 6.09 Å². The van der Waals surface area contributed by atoms with Crippen molar-refractivity contribution in [1.82, 2.24) is 4.90 Å². The third kappa shape index (κ3) is 4.07. The van der Waals surface area contributed by atoms with E-state index in [-0.39, 0.29) is 17.7 Å². The zero-order valence-electron chi connectivity index (χ0n) is 13.3. The van der Waals surface area contributed by atoms with E-state index in [0.29, 0.717) is 18.5 Å². The minimum Gasteiger partial charge on any atom is -0.444 e. The van der Waals surface area contributed by atoms with Crippen LogP contribution in [-0.4, -0.2) is 29.7 Å². The van der Waals surface area contributed by atoms with Gasteiger partial charge in [0.1, 0.15) is 23.3 Å². The Bertz CT molecular complexity index is 700. The van der Waals surface area contributed by atoms with Gasteiger partial charge in [-0.1, -0.05) is 6.08 Å². The van der Waals surface area contributed by atoms with Crippen LogP contribution in [0.4, 0.5) is 13.6 Å². The molecule has 6 heteroatoms. The van der Waals surface area contributed by atoms with Crippen LogP contribution in [0.15, 0.2) is 18.2 Å². The first-order valence-electron chi connectivity index (χ1n) is 7.28. The van der Waals surface area contributed by atoms with E-state index in [1.807, 2.05) is 0 Å². The molecule has 1 aliphatic rings. The molecule has 1 amide bonds. The van der Waals surface area contributed by atoms with E-state index < -0.39 is 23.3 Å². The summed E-state index contributed by atoms with van der Waals surface area (Å²) < 4.78 is 33.0. The molecule has 0 aromatic heterocycles. The molecule has 0 N–H and O–H groups in total. The first kappa shape index (κ1) is 16.9. The number of hydrogen-bond acceptors (Lipinski definition) is 3. The Labute approximate surface area is 134 Å². The second kappa shape index (κ2) is 6.37. The number of benzene rings is 1. The molecule has 23 heavy (non-hydrogen) atoms. The highest BCUT2D eigenvalue weighted by molar-refractivity contribution is 5.73. The van der Waals surface area contributed by atoms with Crippen LogP contribution in [0.5, 0.6) is 0 Å². The lowest BCUT2D eigenvalue weighted by molar-refractivity contribution is 0.0270. The highest BCUT2D eigenvalue weighted by Crippen LogP contribution is 2.27. The number of nitrogens with zero attached hydrogens (tertiary/aromatic N) is 2. The SMILES string of the molecule is CC(C)(C)OC(=O)N1CC=C(c2cc(F)c(C#N)cc2F)CC1. The Morgan fingerprint density at radius 1 is 1.30 bits per heavy atom. The maximum atomic E-state index is 14.0. The van der Waals surface area contributed by atoms with Crippen LogP contribution in [0, 0.1) is 23.0 Å². The number of hydrogen-bond donors (Lipinski definition) is 0. The molecule has 0 spiro atoms. The Morgan fingerprint density at radius 3 is 2.52 bits per heavy atom. The Balaban J connectivity index is 2.15. The zero-order valence-corrected chi connectivity index (χ0v) is 13.3. The molecule has 0 atom stereocenters. The Hall–Kier alpha value is -2.42. The molecule has 1 aromatic carbocycles. The number of nitriles is 1. The molecule has 0 saturated carbocycles. The average Bonchev–Trinajstić information content (AvgIpc) is 2.47. The molecule has 1 aliphatic heterocycles. The highest BCUT2D eigenvalue weighted by Gasteiger charge is 2.25. The molecular formula is C17H18F2N2O2. The van der Waals surface area contributed by atoms with Gasteiger partial charge in [-0.15, -0.1) is 0 Å². The molecule has 0 fully saturated rings. The van der Waals surface area contributed by atoms with Gasteiger partial charge in [0.25, 0.3) is 0 Å². The van der Waals surface area contributed by atoms with Crippen molar-refractivity contribution in [2.24, 2.45) is 0 Å². The van der Waals surface area contributed by atoms with Gasteiger partial charge < -0.3 is 9.64 Å². The van der Waals surface area contributed by atoms with Crippen LogP contribution < -0.4 is 0 Å². The van der Waals surface area contributed by atoms with Crippen molar-refractivity contribution in [1.29, 1.82) is 5.26 Å². The number of carbonyl (C=O) groups is 1. The molecule has 1 heterocycles. The number of ether oxygens (including phenoxy) is 1. The van der Waals surface area contributed by atoms with Crippen LogP contribution in [0.3, 0.4) is 0 Å². The third-order valence-corrected chi connectivity index (χ3v) is 3.38. The van der Waals surface area contributed by atoms with E-state index in [1.54, 1.807) is 32.9 Å². The summed E-state index contributed by atoms with van der Waals surface area (Å²) in [5.41, 5.74) is -0.155. The van der Waals surface area contributed by atoms with Gasteiger partial charge in [0.05, 0.1) is 5.56 Å². The molecule has 1 aromatic rings. The van der Waals surface area contributed by atoms with E-state index in [9.17, 15) is 13.6 Å². The molecular weight excluding hydrogens is 302 g/mol. The van der Waals surface area contributed by atoms with E-state index in [4.69, 9.17) is 10.00 Å². The summed E-state index contributed by atoms with van der Waals surface area (Å²) in [5.74, 6) is -1.39. The highest BCUT2D eigenvalue weighted by atomic mass is 19.1. The van der Waals surface area contributed by atoms with Crippen LogP contribution in [0.2, 0.25) is 0 Å². The van der Waals surface area contributed by atoms with Gasteiger partial charge in [0.15, 0.2) is 0 Å². The summed E-state index contributed by atoms with van der Waals surface area (Å²) in [6.45, 7) is 5.98. The van der Waals surface area contributed by atoms with Gasteiger partial charge in [-0.2, -0.15) is 5.26 Å². The van der Waals surface area contributed by atoms with Crippen LogP contribution in [0.25, 0.3) is 5.57 Å². The van der Waals surface area contributed by atoms with E-state index >= 15 is 0 Å². The van der Waals surface area contributed by atoms with Crippen molar-refractivity contribution in [2.45, 2.75) is 32.8 Å². The predicted octanol–water partition coefficient (Wildman–Crippen LogP) is 3.86. The van der Waals surface area contributed by atoms with Crippen LogP contribution >= 0.6 is 0 Å². The summed E-state index contributed by atoms with van der Waals surface area (Å²) in [7, 11) is 0. The summed E-state index contributed by atoms with van der Waals surface area (Å²) in [6.07, 6.45) is 1.64. The lowest BCUT2D eigenvalue weighted by atomic mass is 9.97. The molecule has 0 saturated heterocycles. The smallest absolute Gasteiger partial charge is 0.410 e. The first-order chi connectivity index (χ1) is 10.7. The molecule has 0 radical (unpaired) electrons. The number of carbonyl (C=O) groups excluding carboxylic acids is 1. The van der Waals surface area contributed by atoms with Gasteiger partial charge in [-0.05, 0) is 44.9 Å². The number of halogens is 2. The second-order valence-corrected chi connectivity index (χ2v) is 6.33. The van der Waals surface area contributed by atoms with E-state index in [1.165, 1.54) is 4.90 Å². The zero-order chi connectivity index (χ0) is 17.2. The normalized spacial score (nSPS) is 15.0. The second-order valence-electron chi connectivity index (χ2n) is 6.33. The van der Waals surface area contributed by atoms with Gasteiger partial charge in [0.2, 0.25) is 0 Å². The molecule has 2 rings (SSSR count). The maximum absolute atomic E-state index is 14.0. The number of rotatable bonds is 1. The fourth-order valence-corrected chi connectivity index (χ4v) is 2.28. The van der Waals surface area contributed by atoms with Crippen molar-refractivity contribution in [3.05, 3.63) is 41.0 Å². The van der Waals surface area contributed by atoms with Crippen molar-refractivity contribution in [3.8, 4) is 6.07 Å². The summed E-state index contributed by atoms with van der Waals surface area (Å²) in [5, 5.41) is 8.70. The van der Waals surface area contributed by atoms with Crippen LogP contribution in [0.1, 0.15) is 38.3 Å². The lowest BCUT2D eigenvalue weighted by Crippen LogP contribution is -2.39. The van der Waals surface area contributed by atoms with Gasteiger partial charge in [-0.3, -0.25) is 0 Å².